The van der Waals surface area contributed by atoms with Gasteiger partial charge < -0.3 is 0 Å². The maximum Gasteiger partial charge on any atom is 0.0836 e. The molecule has 0 saturated carbocycles. The molecule has 1 unspecified atom stereocenters. The van der Waals surface area contributed by atoms with Crippen molar-refractivity contribution < 1.29 is 0 Å². The van der Waals surface area contributed by atoms with E-state index in [-0.39, 0.29) is 0 Å². The van der Waals surface area contributed by atoms with Crippen molar-refractivity contribution in [1.29, 1.82) is 0 Å². The second-order valence-corrected chi connectivity index (χ2v) is 4.68. The molecule has 2 rings (SSSR count). The van der Waals surface area contributed by atoms with Crippen molar-refractivity contribution in [2.75, 3.05) is 0 Å². The van der Waals surface area contributed by atoms with Crippen molar-refractivity contribution in [3.8, 4) is 0 Å². The molecule has 0 aromatic carbocycles. The molecule has 2 aliphatic heterocycles. The van der Waals surface area contributed by atoms with Crippen LogP contribution in [0.4, 0.5) is 0 Å². The van der Waals surface area contributed by atoms with E-state index in [9.17, 15) is 0 Å². The molecule has 0 aromatic rings. The van der Waals surface area contributed by atoms with Gasteiger partial charge in [-0.2, -0.15) is 0 Å². The molecule has 1 atom stereocenters. The molecule has 2 heteroatoms. The normalized spacial score (nSPS) is 29.5. The number of allylic oxidation sites excluding steroid dienone is 3. The lowest BCUT2D eigenvalue weighted by Crippen LogP contribution is -1.98. The molecular formula is C8H8S2. The van der Waals surface area contributed by atoms with Crippen LogP contribution in [-0.2, 0) is 0 Å². The first-order valence-corrected chi connectivity index (χ1v) is 5.11. The fraction of sp³-hybridized carbons (Fsp3) is 0.250. The van der Waals surface area contributed by atoms with Gasteiger partial charge in [-0.1, -0.05) is 12.2 Å². The Labute approximate surface area is 69.5 Å². The Morgan fingerprint density at radius 1 is 1.20 bits per heavy atom. The predicted molar refractivity (Wildman–Crippen MR) is 50.0 cm³/mol. The van der Waals surface area contributed by atoms with Crippen LogP contribution in [0.15, 0.2) is 34.1 Å². The third-order valence-corrected chi connectivity index (χ3v) is 3.93. The van der Waals surface area contributed by atoms with Gasteiger partial charge in [-0.05, 0) is 28.9 Å². The quantitative estimate of drug-likeness (QED) is 0.545. The molecule has 0 radical (unpaired) electrons. The van der Waals surface area contributed by atoms with E-state index in [2.05, 4.69) is 29.9 Å². The van der Waals surface area contributed by atoms with Crippen molar-refractivity contribution in [2.24, 2.45) is 0 Å². The lowest BCUT2D eigenvalue weighted by Gasteiger charge is -2.13. The highest BCUT2D eigenvalue weighted by Gasteiger charge is 2.19. The molecular weight excluding hydrogens is 160 g/mol. The first-order chi connectivity index (χ1) is 4.88. The number of hydrogen-bond donors (Lipinski definition) is 0. The van der Waals surface area contributed by atoms with E-state index in [1.807, 2.05) is 23.5 Å². The zero-order chi connectivity index (χ0) is 6.97. The molecule has 2 heterocycles. The summed E-state index contributed by atoms with van der Waals surface area (Å²) in [4.78, 5) is 0. The molecule has 0 aromatic heterocycles. The largest absolute Gasteiger partial charge is 0.114 e. The van der Waals surface area contributed by atoms with Gasteiger partial charge in [-0.15, -0.1) is 23.5 Å². The van der Waals surface area contributed by atoms with Crippen LogP contribution in [0, 0.1) is 0 Å². The minimum atomic E-state index is 0.657. The molecule has 0 N–H and O–H groups in total. The van der Waals surface area contributed by atoms with Crippen LogP contribution in [0.1, 0.15) is 6.92 Å². The smallest absolute Gasteiger partial charge is 0.0836 e. The van der Waals surface area contributed by atoms with Crippen LogP contribution in [0.5, 0.6) is 0 Å². The van der Waals surface area contributed by atoms with Gasteiger partial charge in [0.25, 0.3) is 0 Å². The van der Waals surface area contributed by atoms with Gasteiger partial charge in [-0.25, -0.2) is 0 Å². The van der Waals surface area contributed by atoms with Crippen LogP contribution < -0.4 is 0 Å². The molecule has 2 aliphatic rings. The maximum atomic E-state index is 2.22. The SMILES string of the molecule is CC1=C2C=CSC2SC=C1. The van der Waals surface area contributed by atoms with E-state index in [0.29, 0.717) is 4.58 Å². The average molecular weight is 168 g/mol. The molecule has 0 aliphatic carbocycles. The van der Waals surface area contributed by atoms with Gasteiger partial charge in [0, 0.05) is 0 Å². The number of thioether (sulfide) groups is 2. The second-order valence-electron chi connectivity index (χ2n) is 2.35. The number of hydrogen-bond acceptors (Lipinski definition) is 2. The van der Waals surface area contributed by atoms with Crippen molar-refractivity contribution in [2.45, 2.75) is 11.5 Å². The van der Waals surface area contributed by atoms with Gasteiger partial charge in [0.2, 0.25) is 0 Å². The fourth-order valence-electron chi connectivity index (χ4n) is 1.07. The Hall–Kier alpha value is -0.0800. The van der Waals surface area contributed by atoms with E-state index in [0.717, 1.165) is 0 Å². The standard InChI is InChI=1S/C8H8S2/c1-6-2-4-9-8-7(6)3-5-10-8/h2-5,8H,1H3. The lowest BCUT2D eigenvalue weighted by molar-refractivity contribution is 1.36. The summed E-state index contributed by atoms with van der Waals surface area (Å²) in [6.07, 6.45) is 4.41. The lowest BCUT2D eigenvalue weighted by atomic mass is 10.1. The molecule has 0 nitrogen and oxygen atoms in total. The minimum Gasteiger partial charge on any atom is -0.114 e. The molecule has 0 spiro atoms. The highest BCUT2D eigenvalue weighted by atomic mass is 32.2. The monoisotopic (exact) mass is 168 g/mol. The molecule has 52 valence electrons. The summed E-state index contributed by atoms with van der Waals surface area (Å²) in [7, 11) is 0. The van der Waals surface area contributed by atoms with Crippen LogP contribution in [0.3, 0.4) is 0 Å². The molecule has 0 saturated heterocycles. The highest BCUT2D eigenvalue weighted by Crippen LogP contribution is 2.42. The predicted octanol–water partition coefficient (Wildman–Crippen LogP) is 3.15. The highest BCUT2D eigenvalue weighted by molar-refractivity contribution is 8.20. The summed E-state index contributed by atoms with van der Waals surface area (Å²) in [6, 6.07) is 0. The molecule has 0 amide bonds. The Bertz CT molecular complexity index is 236. The van der Waals surface area contributed by atoms with Crippen LogP contribution in [-0.4, -0.2) is 4.58 Å². The van der Waals surface area contributed by atoms with Crippen molar-refractivity contribution in [3.05, 3.63) is 34.1 Å². The van der Waals surface area contributed by atoms with Gasteiger partial charge in [0.05, 0.1) is 4.58 Å². The molecule has 0 bridgehead atoms. The zero-order valence-corrected chi connectivity index (χ0v) is 7.34. The molecule has 0 fully saturated rings. The summed E-state index contributed by atoms with van der Waals surface area (Å²) in [6.45, 7) is 2.18. The summed E-state index contributed by atoms with van der Waals surface area (Å²) in [5.74, 6) is 0. The maximum absolute atomic E-state index is 2.22. The van der Waals surface area contributed by atoms with Crippen molar-refractivity contribution in [3.63, 3.8) is 0 Å². The molecule has 10 heavy (non-hydrogen) atoms. The van der Waals surface area contributed by atoms with E-state index >= 15 is 0 Å². The van der Waals surface area contributed by atoms with Crippen LogP contribution >= 0.6 is 23.5 Å². The zero-order valence-electron chi connectivity index (χ0n) is 5.70. The minimum absolute atomic E-state index is 0.657. The third-order valence-electron chi connectivity index (χ3n) is 1.68. The summed E-state index contributed by atoms with van der Waals surface area (Å²) in [5.41, 5.74) is 2.92. The number of fused-ring (bicyclic) bond motifs is 1. The van der Waals surface area contributed by atoms with E-state index in [4.69, 9.17) is 0 Å². The van der Waals surface area contributed by atoms with Crippen LogP contribution in [0.25, 0.3) is 0 Å². The third kappa shape index (κ3) is 0.956. The number of rotatable bonds is 0. The van der Waals surface area contributed by atoms with E-state index in [1.165, 1.54) is 11.1 Å². The fourth-order valence-corrected chi connectivity index (χ4v) is 3.32. The first-order valence-electron chi connectivity index (χ1n) is 3.23. The van der Waals surface area contributed by atoms with Gasteiger partial charge in [0.15, 0.2) is 0 Å². The van der Waals surface area contributed by atoms with Crippen molar-refractivity contribution >= 4 is 23.5 Å². The first kappa shape index (κ1) is 6.62. The average Bonchev–Trinajstić information content (AvgIpc) is 2.36. The Morgan fingerprint density at radius 2 is 1.90 bits per heavy atom. The van der Waals surface area contributed by atoms with E-state index in [1.54, 1.807) is 0 Å². The van der Waals surface area contributed by atoms with Gasteiger partial charge in [-0.3, -0.25) is 0 Å². The van der Waals surface area contributed by atoms with E-state index < -0.39 is 0 Å². The Balaban J connectivity index is 2.41. The topological polar surface area (TPSA) is 0 Å². The Morgan fingerprint density at radius 3 is 2.60 bits per heavy atom. The van der Waals surface area contributed by atoms with Crippen LogP contribution in [0.2, 0.25) is 0 Å². The summed E-state index contributed by atoms with van der Waals surface area (Å²) in [5, 5.41) is 4.37. The van der Waals surface area contributed by atoms with Crippen molar-refractivity contribution in [1.82, 2.24) is 0 Å². The summed E-state index contributed by atoms with van der Waals surface area (Å²) < 4.78 is 0.657. The van der Waals surface area contributed by atoms with Gasteiger partial charge >= 0.3 is 0 Å². The van der Waals surface area contributed by atoms with Gasteiger partial charge in [0.1, 0.15) is 0 Å². The second kappa shape index (κ2) is 2.51. The Kier molecular flexibility index (Phi) is 1.66. The summed E-state index contributed by atoms with van der Waals surface area (Å²) >= 11 is 3.80.